The molecule has 1 saturated carbocycles. The fourth-order valence-electron chi connectivity index (χ4n) is 2.96. The highest BCUT2D eigenvalue weighted by molar-refractivity contribution is 5.80. The van der Waals surface area contributed by atoms with E-state index < -0.39 is 5.97 Å². The van der Waals surface area contributed by atoms with Gasteiger partial charge in [0.05, 0.1) is 0 Å². The number of amides is 2. The topological polar surface area (TPSA) is 64.1 Å². The normalized spacial score (nSPS) is 26.1. The van der Waals surface area contributed by atoms with Crippen molar-refractivity contribution in [3.63, 3.8) is 0 Å². The van der Waals surface area contributed by atoms with Gasteiger partial charge in [-0.3, -0.25) is 4.79 Å². The molecule has 114 valence electrons. The average molecular weight is 283 g/mol. The number of likely N-dealkylation sites (tertiary alicyclic amines) is 1. The maximum absolute atomic E-state index is 12.5. The summed E-state index contributed by atoms with van der Waals surface area (Å²) >= 11 is 0. The zero-order valence-corrected chi connectivity index (χ0v) is 12.6. The number of carboxylic acid groups (broad SMARTS) is 1. The first kappa shape index (κ1) is 15.1. The number of carbonyl (C=O) groups is 2. The molecule has 1 N–H and O–H groups in total. The van der Waals surface area contributed by atoms with E-state index in [0.717, 1.165) is 12.8 Å². The van der Waals surface area contributed by atoms with Crippen LogP contribution in [0.5, 0.6) is 0 Å². The number of rotatable bonds is 5. The summed E-state index contributed by atoms with van der Waals surface area (Å²) in [6, 6.07) is 0.238. The SMILES string of the molecule is CC1CN(C(=O)N(CC(=O)O)CC2CC2)CC1N(C)C. The van der Waals surface area contributed by atoms with E-state index in [4.69, 9.17) is 5.11 Å². The minimum atomic E-state index is -0.935. The van der Waals surface area contributed by atoms with E-state index in [-0.39, 0.29) is 12.6 Å². The highest BCUT2D eigenvalue weighted by Crippen LogP contribution is 2.30. The van der Waals surface area contributed by atoms with Crippen molar-refractivity contribution < 1.29 is 14.7 Å². The molecule has 0 aromatic carbocycles. The smallest absolute Gasteiger partial charge is 0.323 e. The van der Waals surface area contributed by atoms with E-state index in [1.165, 1.54) is 4.90 Å². The molecule has 20 heavy (non-hydrogen) atoms. The van der Waals surface area contributed by atoms with Gasteiger partial charge in [-0.1, -0.05) is 6.92 Å². The minimum Gasteiger partial charge on any atom is -0.480 e. The molecule has 2 unspecified atom stereocenters. The van der Waals surface area contributed by atoms with Crippen molar-refractivity contribution in [1.29, 1.82) is 0 Å². The number of aliphatic carboxylic acids is 1. The zero-order chi connectivity index (χ0) is 14.9. The maximum atomic E-state index is 12.5. The van der Waals surface area contributed by atoms with Crippen molar-refractivity contribution in [2.45, 2.75) is 25.8 Å². The van der Waals surface area contributed by atoms with Crippen LogP contribution in [0, 0.1) is 11.8 Å². The summed E-state index contributed by atoms with van der Waals surface area (Å²) in [4.78, 5) is 28.9. The predicted octanol–water partition coefficient (Wildman–Crippen LogP) is 0.785. The molecule has 0 bridgehead atoms. The molecule has 2 atom stereocenters. The van der Waals surface area contributed by atoms with Crippen LogP contribution in [0.15, 0.2) is 0 Å². The van der Waals surface area contributed by atoms with E-state index in [1.807, 2.05) is 14.1 Å². The Balaban J connectivity index is 1.98. The molecule has 2 aliphatic rings. The summed E-state index contributed by atoms with van der Waals surface area (Å²) in [6.07, 6.45) is 2.22. The summed E-state index contributed by atoms with van der Waals surface area (Å²) in [5, 5.41) is 8.98. The van der Waals surface area contributed by atoms with Crippen molar-refractivity contribution >= 4 is 12.0 Å². The summed E-state index contributed by atoms with van der Waals surface area (Å²) in [5.74, 6) is -0.0140. The Morgan fingerprint density at radius 2 is 1.90 bits per heavy atom. The van der Waals surface area contributed by atoms with Gasteiger partial charge in [0, 0.05) is 25.7 Å². The number of likely N-dealkylation sites (N-methyl/N-ethyl adjacent to an activating group) is 1. The van der Waals surface area contributed by atoms with Gasteiger partial charge in [-0.25, -0.2) is 4.79 Å². The minimum absolute atomic E-state index is 0.115. The quantitative estimate of drug-likeness (QED) is 0.810. The van der Waals surface area contributed by atoms with Crippen LogP contribution in [0.3, 0.4) is 0 Å². The van der Waals surface area contributed by atoms with Crippen molar-refractivity contribution in [1.82, 2.24) is 14.7 Å². The Bertz CT molecular complexity index is 382. The van der Waals surface area contributed by atoms with Crippen molar-refractivity contribution in [2.24, 2.45) is 11.8 Å². The lowest BCUT2D eigenvalue weighted by Crippen LogP contribution is -2.46. The molecule has 1 aliphatic heterocycles. The van der Waals surface area contributed by atoms with Crippen LogP contribution in [0.1, 0.15) is 19.8 Å². The molecule has 6 heteroatoms. The second-order valence-electron chi connectivity index (χ2n) is 6.41. The zero-order valence-electron chi connectivity index (χ0n) is 12.6. The Kier molecular flexibility index (Phi) is 4.52. The third kappa shape index (κ3) is 3.62. The third-order valence-corrected chi connectivity index (χ3v) is 4.28. The fraction of sp³-hybridized carbons (Fsp3) is 0.857. The average Bonchev–Trinajstić information content (AvgIpc) is 3.07. The number of carbonyl (C=O) groups excluding carboxylic acids is 1. The second kappa shape index (κ2) is 5.99. The standard InChI is InChI=1S/C14H25N3O3/c1-10-6-16(8-12(10)15(2)3)14(20)17(9-13(18)19)7-11-4-5-11/h10-12H,4-9H2,1-3H3,(H,18,19). The second-order valence-corrected chi connectivity index (χ2v) is 6.41. The van der Waals surface area contributed by atoms with Crippen molar-refractivity contribution in [3.8, 4) is 0 Å². The molecular weight excluding hydrogens is 258 g/mol. The molecule has 2 fully saturated rings. The van der Waals surface area contributed by atoms with E-state index in [1.54, 1.807) is 4.90 Å². The lowest BCUT2D eigenvalue weighted by Gasteiger charge is -2.27. The van der Waals surface area contributed by atoms with Crippen LogP contribution in [0.4, 0.5) is 4.79 Å². The number of nitrogens with zero attached hydrogens (tertiary/aromatic N) is 3. The molecule has 0 spiro atoms. The van der Waals surface area contributed by atoms with E-state index >= 15 is 0 Å². The van der Waals surface area contributed by atoms with E-state index in [0.29, 0.717) is 37.5 Å². The Morgan fingerprint density at radius 3 is 2.35 bits per heavy atom. The molecule has 0 aromatic heterocycles. The highest BCUT2D eigenvalue weighted by Gasteiger charge is 2.37. The number of hydrogen-bond acceptors (Lipinski definition) is 3. The molecule has 0 aromatic rings. The molecule has 2 amide bonds. The van der Waals surface area contributed by atoms with Gasteiger partial charge in [0.1, 0.15) is 6.54 Å². The lowest BCUT2D eigenvalue weighted by atomic mass is 10.1. The van der Waals surface area contributed by atoms with Crippen LogP contribution in [-0.2, 0) is 4.79 Å². The third-order valence-electron chi connectivity index (χ3n) is 4.28. The molecule has 2 rings (SSSR count). The van der Waals surface area contributed by atoms with Gasteiger partial charge in [-0.15, -0.1) is 0 Å². The van der Waals surface area contributed by atoms with Crippen LogP contribution in [0.2, 0.25) is 0 Å². The summed E-state index contributed by atoms with van der Waals surface area (Å²) in [7, 11) is 4.04. The van der Waals surface area contributed by atoms with Gasteiger partial charge >= 0.3 is 12.0 Å². The first-order valence-electron chi connectivity index (χ1n) is 7.30. The number of carboxylic acids is 1. The molecule has 0 radical (unpaired) electrons. The predicted molar refractivity (Wildman–Crippen MR) is 75.5 cm³/mol. The first-order valence-corrected chi connectivity index (χ1v) is 7.30. The molecule has 6 nitrogen and oxygen atoms in total. The molecule has 1 saturated heterocycles. The fourth-order valence-corrected chi connectivity index (χ4v) is 2.96. The van der Waals surface area contributed by atoms with Gasteiger partial charge in [-0.2, -0.15) is 0 Å². The van der Waals surface area contributed by atoms with Crippen LogP contribution < -0.4 is 0 Å². The van der Waals surface area contributed by atoms with E-state index in [9.17, 15) is 9.59 Å². The van der Waals surface area contributed by atoms with Gasteiger partial charge in [0.2, 0.25) is 0 Å². The summed E-state index contributed by atoms with van der Waals surface area (Å²) < 4.78 is 0. The molecule has 1 heterocycles. The van der Waals surface area contributed by atoms with Crippen molar-refractivity contribution in [3.05, 3.63) is 0 Å². The molecule has 1 aliphatic carbocycles. The summed E-state index contributed by atoms with van der Waals surface area (Å²) in [5.41, 5.74) is 0. The summed E-state index contributed by atoms with van der Waals surface area (Å²) in [6.45, 7) is 3.94. The van der Waals surface area contributed by atoms with Crippen molar-refractivity contribution in [2.75, 3.05) is 40.3 Å². The van der Waals surface area contributed by atoms with E-state index in [2.05, 4.69) is 11.8 Å². The van der Waals surface area contributed by atoms with Gasteiger partial charge < -0.3 is 19.8 Å². The largest absolute Gasteiger partial charge is 0.480 e. The maximum Gasteiger partial charge on any atom is 0.323 e. The Labute approximate surface area is 120 Å². The van der Waals surface area contributed by atoms with Crippen LogP contribution in [0.25, 0.3) is 0 Å². The van der Waals surface area contributed by atoms with Crippen LogP contribution >= 0.6 is 0 Å². The Morgan fingerprint density at radius 1 is 1.25 bits per heavy atom. The molecular formula is C14H25N3O3. The number of hydrogen-bond donors (Lipinski definition) is 1. The van der Waals surface area contributed by atoms with Gasteiger partial charge in [0.25, 0.3) is 0 Å². The first-order chi connectivity index (χ1) is 9.38. The van der Waals surface area contributed by atoms with Gasteiger partial charge in [0.15, 0.2) is 0 Å². The van der Waals surface area contributed by atoms with Crippen LogP contribution in [-0.4, -0.2) is 78.1 Å². The monoisotopic (exact) mass is 283 g/mol. The highest BCUT2D eigenvalue weighted by atomic mass is 16.4. The van der Waals surface area contributed by atoms with Gasteiger partial charge in [-0.05, 0) is 38.8 Å². The number of urea groups is 1. The lowest BCUT2D eigenvalue weighted by molar-refractivity contribution is -0.137. The Hall–Kier alpha value is -1.30.